The van der Waals surface area contributed by atoms with Gasteiger partial charge in [0.1, 0.15) is 79.1 Å². The van der Waals surface area contributed by atoms with Gasteiger partial charge in [0.2, 0.25) is 5.91 Å². The molecule has 9 saturated carbocycles. The zero-order valence-electron chi connectivity index (χ0n) is 80.2. The van der Waals surface area contributed by atoms with Crippen LogP contribution in [-0.2, 0) is 59.5 Å². The van der Waals surface area contributed by atoms with Crippen LogP contribution in [0.4, 0.5) is 65.9 Å². The van der Waals surface area contributed by atoms with Crippen LogP contribution in [0, 0.1) is 34.6 Å². The third-order valence-electron chi connectivity index (χ3n) is 28.1. The molecule has 5 aromatic heterocycles. The number of carboxylic acid groups (broad SMARTS) is 2. The van der Waals surface area contributed by atoms with Crippen molar-refractivity contribution in [1.82, 2.24) is 42.9 Å². The van der Waals surface area contributed by atoms with E-state index < -0.39 is 165 Å². The second kappa shape index (κ2) is 40.0. The Kier molecular flexibility index (Phi) is 29.7. The smallest absolute Gasteiger partial charge is 0.431 e. The lowest BCUT2D eigenvalue weighted by molar-refractivity contribution is -0.150. The van der Waals surface area contributed by atoms with Crippen LogP contribution in [-0.4, -0.2) is 158 Å². The largest absolute Gasteiger partial charge is 0.479 e. The number of aliphatic carboxylic acids is 1. The topological polar surface area (TPSA) is 285 Å². The van der Waals surface area contributed by atoms with E-state index in [1.54, 1.807) is 111 Å². The van der Waals surface area contributed by atoms with Gasteiger partial charge in [0, 0.05) is 104 Å². The van der Waals surface area contributed by atoms with E-state index >= 15 is 0 Å². The number of aromatic carboxylic acids is 1. The predicted octanol–water partition coefficient (Wildman–Crippen LogP) is 25.8. The minimum absolute atomic E-state index is 0.00976. The Morgan fingerprint density at radius 3 is 0.760 bits per heavy atom. The fourth-order valence-corrected chi connectivity index (χ4v) is 20.2. The number of primary amides is 1. The summed E-state index contributed by atoms with van der Waals surface area (Å²) in [5.74, 6) is -6.93. The first-order chi connectivity index (χ1) is 68.3. The molecule has 0 radical (unpaired) electrons. The van der Waals surface area contributed by atoms with E-state index in [4.69, 9.17) is 73.2 Å². The summed E-state index contributed by atoms with van der Waals surface area (Å²) in [6, 6.07) is 29.4. The molecule has 5 amide bonds. The molecule has 19 rings (SSSR count). The normalized spacial score (nSPS) is 17.1. The maximum Gasteiger partial charge on any atom is 0.431 e. The molecule has 10 aromatic rings. The van der Waals surface area contributed by atoms with Crippen LogP contribution in [0.2, 0.25) is 25.1 Å². The number of amides is 5. The van der Waals surface area contributed by atoms with Gasteiger partial charge in [-0.05, 0) is 280 Å². The van der Waals surface area contributed by atoms with Crippen molar-refractivity contribution in [1.29, 1.82) is 0 Å². The Balaban J connectivity index is 0.000000137. The van der Waals surface area contributed by atoms with E-state index in [-0.39, 0.29) is 110 Å². The minimum atomic E-state index is -4.66. The number of carbonyl (C=O) groups excluding carboxylic acids is 7. The van der Waals surface area contributed by atoms with Crippen LogP contribution in [0.15, 0.2) is 121 Å². The molecule has 23 nitrogen and oxygen atoms in total. The van der Waals surface area contributed by atoms with Crippen molar-refractivity contribution in [2.24, 2.45) is 5.73 Å². The number of alkyl halides is 15. The number of carbonyl (C=O) groups is 9. The standard InChI is InChI=1S/C23H24ClF3N2O3.C22H22ClF3N2O3.C21H21ClF3N3O2.C21H20ClF3N2O3.C16H13ClF3NO2/c1-4-32-21(31)22(11-12-22)28(3)20(30)18-17(14-5-7-15(24)8-6-14)13(2)19(23(25,26)27)29(18)16-9-10-16;1-3-31-20(30)21(10-11-21)27-19(29)17-16(13-4-6-14(23)7-5-13)12(2)18(22(24,25)26)28(17)15-8-9-15;1-11-15(12-3-5-13(22)6-4-12)16(18(29)27(2)20(9-10-20)19(26)30)28(14-7-8-14)17(11)21(23,24)25;1-11-15(12-3-5-13(22)6-4-12)16(18(28)26(2)20(9-10-20)19(29)30)27(14-7-8-14)17(11)21(23,24)25;1-8-12(9-2-4-10(17)5-3-9)13(15(22)23)21(11-6-7-11)14(8)16(18,19)20/h5-8,16H,4,9-12H2,1-3H3;4-7,15H,3,8-11H2,1-2H3,(H,27,29);3-6,14H,7-10H2,1-2H3,(H2,26,30);3-6,14H,7-10H2,1-2H3,(H,29,30);2-5,11H,6-7H2,1H3,(H,22,23). The lowest BCUT2D eigenvalue weighted by atomic mass is 10.00. The Morgan fingerprint density at radius 1 is 0.342 bits per heavy atom. The highest BCUT2D eigenvalue weighted by Gasteiger charge is 2.62. The molecule has 9 aliphatic carbocycles. The van der Waals surface area contributed by atoms with Gasteiger partial charge in [-0.25, -0.2) is 19.2 Å². The quantitative estimate of drug-likeness (QED) is 0.0306. The molecule has 0 atom stereocenters. The minimum Gasteiger partial charge on any atom is -0.479 e. The Hall–Kier alpha value is -11.9. The molecule has 0 aliphatic heterocycles. The average Bonchev–Trinajstić information content (AvgIpc) is 1.58. The van der Waals surface area contributed by atoms with E-state index in [9.17, 15) is 119 Å². The summed E-state index contributed by atoms with van der Waals surface area (Å²) in [5.41, 5.74) is -1.12. The van der Waals surface area contributed by atoms with Crippen molar-refractivity contribution in [3.8, 4) is 55.6 Å². The zero-order valence-corrected chi connectivity index (χ0v) is 84.0. The molecule has 9 fully saturated rings. The number of nitrogens with one attached hydrogen (secondary N) is 1. The third kappa shape index (κ3) is 21.1. The first kappa shape index (κ1) is 108. The number of likely N-dealkylation sites (N-methyl/N-ethyl adjacent to an activating group) is 3. The highest BCUT2D eigenvalue weighted by Crippen LogP contribution is 2.58. The van der Waals surface area contributed by atoms with Gasteiger partial charge in [0.25, 0.3) is 23.6 Å². The number of esters is 2. The van der Waals surface area contributed by atoms with E-state index in [1.165, 1.54) is 89.8 Å². The highest BCUT2D eigenvalue weighted by atomic mass is 35.5. The molecule has 146 heavy (non-hydrogen) atoms. The SMILES string of the molecule is CCOC(=O)C1(N(C)C(=O)c2c(-c3ccc(Cl)cc3)c(C)c(C(F)(F)F)n2C2CC2)CC1.CCOC(=O)C1(NC(=O)c2c(-c3ccc(Cl)cc3)c(C)c(C(F)(F)F)n2C2CC2)CC1.Cc1c(-c2ccc(Cl)cc2)c(C(=O)N(C)C2(C(=O)O)CC2)n(C2CC2)c1C(F)(F)F.Cc1c(-c2ccc(Cl)cc2)c(C(=O)N(C)C2(C(N)=O)CC2)n(C2CC2)c1C(F)(F)F.Cc1c(-c2ccc(Cl)cc2)c(C(=O)O)n(C2CC2)c1C(F)(F)F. The number of nitrogens with zero attached hydrogens (tertiary/aromatic N) is 8. The van der Waals surface area contributed by atoms with Crippen molar-refractivity contribution in [2.75, 3.05) is 34.4 Å². The fraction of sp³-hybridized carbons (Fsp3) is 0.427. The van der Waals surface area contributed by atoms with Gasteiger partial charge in [-0.15, -0.1) is 0 Å². The zero-order chi connectivity index (χ0) is 107. The van der Waals surface area contributed by atoms with Gasteiger partial charge in [-0.2, -0.15) is 65.9 Å². The van der Waals surface area contributed by atoms with Crippen LogP contribution in [0.3, 0.4) is 0 Å². The molecule has 5 aromatic carbocycles. The highest BCUT2D eigenvalue weighted by molar-refractivity contribution is 6.32. The molecular weight excluding hydrogens is 2050 g/mol. The number of carboxylic acids is 2. The van der Waals surface area contributed by atoms with Crippen molar-refractivity contribution < 1.29 is 129 Å². The number of hydrogen-bond donors (Lipinski definition) is 4. The van der Waals surface area contributed by atoms with E-state index in [0.29, 0.717) is 156 Å². The molecule has 0 spiro atoms. The Labute approximate surface area is 852 Å². The molecule has 0 unspecified atom stereocenters. The maximum absolute atomic E-state index is 14.2. The fourth-order valence-electron chi connectivity index (χ4n) is 19.5. The van der Waals surface area contributed by atoms with Crippen molar-refractivity contribution >= 4 is 111 Å². The first-order valence-corrected chi connectivity index (χ1v) is 48.9. The summed E-state index contributed by atoms with van der Waals surface area (Å²) in [5, 5.41) is 23.9. The van der Waals surface area contributed by atoms with Crippen LogP contribution >= 0.6 is 58.0 Å². The second-order valence-corrected chi connectivity index (χ2v) is 40.3. The summed E-state index contributed by atoms with van der Waals surface area (Å²) in [4.78, 5) is 118. The predicted molar refractivity (Wildman–Crippen MR) is 513 cm³/mol. The number of aromatic nitrogens is 5. The van der Waals surface area contributed by atoms with Crippen molar-refractivity contribution in [3.63, 3.8) is 0 Å². The van der Waals surface area contributed by atoms with Gasteiger partial charge < -0.3 is 68.3 Å². The van der Waals surface area contributed by atoms with Crippen molar-refractivity contribution in [2.45, 2.75) is 247 Å². The number of nitrogens with two attached hydrogens (primary N) is 1. The molecule has 780 valence electrons. The van der Waals surface area contributed by atoms with Crippen LogP contribution in [0.5, 0.6) is 0 Å². The maximum atomic E-state index is 14.2. The third-order valence-corrected chi connectivity index (χ3v) is 29.4. The first-order valence-electron chi connectivity index (χ1n) is 47.0. The van der Waals surface area contributed by atoms with Gasteiger partial charge >= 0.3 is 54.8 Å². The lowest BCUT2D eigenvalue weighted by Crippen LogP contribution is -2.48. The van der Waals surface area contributed by atoms with E-state index in [2.05, 4.69) is 5.32 Å². The number of benzene rings is 5. The van der Waals surface area contributed by atoms with E-state index in [1.807, 2.05) is 0 Å². The molecule has 0 bridgehead atoms. The van der Waals surface area contributed by atoms with Crippen molar-refractivity contribution in [3.05, 3.63) is 231 Å². The summed E-state index contributed by atoms with van der Waals surface area (Å²) in [6.07, 6.45) is -14.7. The molecule has 0 saturated heterocycles. The van der Waals surface area contributed by atoms with Gasteiger partial charge in [0.15, 0.2) is 0 Å². The number of rotatable bonds is 25. The number of halogens is 20. The van der Waals surface area contributed by atoms with E-state index in [0.717, 1.165) is 27.7 Å². The molecule has 9 aliphatic rings. The monoisotopic (exact) mass is 2140 g/mol. The molecule has 5 N–H and O–H groups in total. The van der Waals surface area contributed by atoms with Gasteiger partial charge in [0.05, 0.1) is 13.2 Å². The second-order valence-electron chi connectivity index (χ2n) is 38.2. The number of hydrogen-bond acceptors (Lipinski definition) is 11. The molecule has 43 heteroatoms. The summed E-state index contributed by atoms with van der Waals surface area (Å²) >= 11 is 29.6. The lowest BCUT2D eigenvalue weighted by Gasteiger charge is -2.27. The Bertz CT molecular complexity index is 6650. The molecule has 5 heterocycles. The Morgan fingerprint density at radius 2 is 0.555 bits per heavy atom. The van der Waals surface area contributed by atoms with Gasteiger partial charge in [-0.1, -0.05) is 119 Å². The summed E-state index contributed by atoms with van der Waals surface area (Å²) in [7, 11) is 4.24. The van der Waals surface area contributed by atoms with Crippen LogP contribution < -0.4 is 11.1 Å². The summed E-state index contributed by atoms with van der Waals surface area (Å²) in [6.45, 7) is 10.5. The van der Waals surface area contributed by atoms with Crippen LogP contribution in [0.1, 0.15) is 268 Å². The van der Waals surface area contributed by atoms with Gasteiger partial charge in [-0.3, -0.25) is 24.0 Å². The molecular formula is C103H100Cl5F15N10O13. The van der Waals surface area contributed by atoms with Crippen LogP contribution in [0.25, 0.3) is 55.6 Å². The summed E-state index contributed by atoms with van der Waals surface area (Å²) < 4.78 is 225. The number of ether oxygens (including phenoxy) is 2. The average molecular weight is 2150 g/mol.